The quantitative estimate of drug-likeness (QED) is 0.472. The Morgan fingerprint density at radius 3 is 2.30 bits per heavy atom. The molecule has 0 fully saturated rings. The first-order valence-corrected chi connectivity index (χ1v) is 3.80. The van der Waals surface area contributed by atoms with E-state index in [1.807, 2.05) is 13.8 Å². The average Bonchev–Trinajstić information content (AvgIpc) is 1.78. The Hall–Kier alpha value is -0.230. The highest BCUT2D eigenvalue weighted by atomic mass is 35.5. The monoisotopic (exact) mass is 155 g/mol. The van der Waals surface area contributed by atoms with Crippen LogP contribution in [0.4, 0.5) is 0 Å². The van der Waals surface area contributed by atoms with Crippen molar-refractivity contribution in [2.75, 3.05) is 0 Å². The fourth-order valence-corrected chi connectivity index (χ4v) is 1.24. The van der Waals surface area contributed by atoms with Crippen LogP contribution in [0.3, 0.4) is 0 Å². The van der Waals surface area contributed by atoms with Gasteiger partial charge in [0.25, 0.3) is 0 Å². The number of rotatable bonds is 0. The van der Waals surface area contributed by atoms with Crippen molar-refractivity contribution in [1.29, 1.82) is 0 Å². The Labute approximate surface area is 67.6 Å². The zero-order valence-electron chi connectivity index (χ0n) is 6.61. The summed E-state index contributed by atoms with van der Waals surface area (Å²) in [4.78, 5) is -0.251. The van der Waals surface area contributed by atoms with Gasteiger partial charge < -0.3 is 0 Å². The van der Waals surface area contributed by atoms with Gasteiger partial charge in [0.1, 0.15) is 0 Å². The van der Waals surface area contributed by atoms with Gasteiger partial charge in [-0.15, -0.1) is 11.6 Å². The fraction of sp³-hybridized carbons (Fsp3) is 0.444. The van der Waals surface area contributed by atoms with E-state index in [1.54, 1.807) is 0 Å². The van der Waals surface area contributed by atoms with Crippen LogP contribution in [0.25, 0.3) is 0 Å². The maximum absolute atomic E-state index is 6.15. The second kappa shape index (κ2) is 2.43. The molecule has 0 aromatic rings. The molecule has 1 radical (unpaired) electrons. The summed E-state index contributed by atoms with van der Waals surface area (Å²) in [6, 6.07) is 0. The summed E-state index contributed by atoms with van der Waals surface area (Å²) >= 11 is 6.15. The van der Waals surface area contributed by atoms with Crippen molar-refractivity contribution in [3.8, 4) is 0 Å². The molecule has 1 aliphatic carbocycles. The predicted molar refractivity (Wildman–Crippen MR) is 46.1 cm³/mol. The number of allylic oxidation sites excluding steroid dienone is 4. The van der Waals surface area contributed by atoms with Crippen LogP contribution >= 0.6 is 11.6 Å². The van der Waals surface area contributed by atoms with Crippen LogP contribution in [-0.4, -0.2) is 4.87 Å². The molecule has 0 heterocycles. The Bertz CT molecular complexity index is 197. The number of alkyl halides is 1. The van der Waals surface area contributed by atoms with E-state index < -0.39 is 0 Å². The third-order valence-electron chi connectivity index (χ3n) is 1.87. The predicted octanol–water partition coefficient (Wildman–Crippen LogP) is 3.09. The van der Waals surface area contributed by atoms with Crippen LogP contribution in [0.15, 0.2) is 23.3 Å². The zero-order chi connectivity index (χ0) is 7.78. The fourth-order valence-electron chi connectivity index (χ4n) is 1.01. The van der Waals surface area contributed by atoms with Crippen molar-refractivity contribution in [1.82, 2.24) is 0 Å². The van der Waals surface area contributed by atoms with Crippen molar-refractivity contribution >= 4 is 11.6 Å². The van der Waals surface area contributed by atoms with Crippen LogP contribution in [0, 0.1) is 6.42 Å². The maximum Gasteiger partial charge on any atom is 0.0698 e. The molecule has 1 unspecified atom stereocenters. The van der Waals surface area contributed by atoms with E-state index in [1.165, 1.54) is 11.1 Å². The SMILES string of the molecule is CC1=CC=C(C)C(C)(Cl)[CH]1. The van der Waals surface area contributed by atoms with Gasteiger partial charge in [0.2, 0.25) is 0 Å². The van der Waals surface area contributed by atoms with Gasteiger partial charge in [-0.2, -0.15) is 0 Å². The van der Waals surface area contributed by atoms with Crippen molar-refractivity contribution < 1.29 is 0 Å². The summed E-state index contributed by atoms with van der Waals surface area (Å²) in [7, 11) is 0. The molecule has 10 heavy (non-hydrogen) atoms. The largest absolute Gasteiger partial charge is 0.114 e. The first kappa shape index (κ1) is 7.87. The molecule has 1 aliphatic rings. The van der Waals surface area contributed by atoms with Crippen LogP contribution < -0.4 is 0 Å². The van der Waals surface area contributed by atoms with Crippen LogP contribution in [0.2, 0.25) is 0 Å². The Balaban J connectivity index is 2.89. The first-order valence-electron chi connectivity index (χ1n) is 3.43. The van der Waals surface area contributed by atoms with Gasteiger partial charge >= 0.3 is 0 Å². The Kier molecular flexibility index (Phi) is 1.91. The minimum absolute atomic E-state index is 0.251. The van der Waals surface area contributed by atoms with Gasteiger partial charge in [-0.3, -0.25) is 0 Å². The van der Waals surface area contributed by atoms with E-state index in [0.29, 0.717) is 0 Å². The van der Waals surface area contributed by atoms with E-state index in [9.17, 15) is 0 Å². The number of hydrogen-bond donors (Lipinski definition) is 0. The van der Waals surface area contributed by atoms with Crippen LogP contribution in [-0.2, 0) is 0 Å². The summed E-state index contributed by atoms with van der Waals surface area (Å²) in [5, 5.41) is 0. The lowest BCUT2D eigenvalue weighted by atomic mass is 9.89. The maximum atomic E-state index is 6.15. The van der Waals surface area contributed by atoms with Gasteiger partial charge in [0.05, 0.1) is 4.87 Å². The lowest BCUT2D eigenvalue weighted by Crippen LogP contribution is -2.21. The summed E-state index contributed by atoms with van der Waals surface area (Å²) in [5.74, 6) is 0. The summed E-state index contributed by atoms with van der Waals surface area (Å²) in [6.07, 6.45) is 6.23. The molecule has 1 rings (SSSR count). The van der Waals surface area contributed by atoms with Crippen molar-refractivity contribution in [2.45, 2.75) is 25.6 Å². The normalized spacial score (nSPS) is 33.2. The number of halogens is 1. The summed E-state index contributed by atoms with van der Waals surface area (Å²) in [6.45, 7) is 6.12. The van der Waals surface area contributed by atoms with Gasteiger partial charge in [0, 0.05) is 6.42 Å². The van der Waals surface area contributed by atoms with E-state index in [4.69, 9.17) is 11.6 Å². The van der Waals surface area contributed by atoms with E-state index in [-0.39, 0.29) is 4.87 Å². The molecular weight excluding hydrogens is 144 g/mol. The minimum Gasteiger partial charge on any atom is -0.114 e. The molecule has 0 amide bonds. The van der Waals surface area contributed by atoms with Gasteiger partial charge in [0.15, 0.2) is 0 Å². The molecule has 1 heteroatoms. The molecule has 0 aliphatic heterocycles. The molecule has 0 N–H and O–H groups in total. The third kappa shape index (κ3) is 1.43. The molecular formula is C9H12Cl. The zero-order valence-corrected chi connectivity index (χ0v) is 7.37. The van der Waals surface area contributed by atoms with E-state index in [0.717, 1.165) is 0 Å². The highest BCUT2D eigenvalue weighted by Gasteiger charge is 2.25. The van der Waals surface area contributed by atoms with Gasteiger partial charge in [-0.05, 0) is 20.8 Å². The topological polar surface area (TPSA) is 0 Å². The minimum atomic E-state index is -0.251. The molecule has 0 saturated heterocycles. The van der Waals surface area contributed by atoms with Crippen molar-refractivity contribution in [3.63, 3.8) is 0 Å². The lowest BCUT2D eigenvalue weighted by molar-refractivity contribution is 0.836. The van der Waals surface area contributed by atoms with Gasteiger partial charge in [-0.1, -0.05) is 23.3 Å². The highest BCUT2D eigenvalue weighted by Crippen LogP contribution is 2.33. The standard InChI is InChI=1S/C9H12Cl/c1-7-4-5-8(2)9(3,10)6-7/h4-6H,1-3H3. The Morgan fingerprint density at radius 2 is 1.90 bits per heavy atom. The lowest BCUT2D eigenvalue weighted by Gasteiger charge is -2.25. The molecule has 0 aromatic heterocycles. The molecule has 0 nitrogen and oxygen atoms in total. The first-order chi connectivity index (χ1) is 4.52. The smallest absolute Gasteiger partial charge is 0.0698 e. The van der Waals surface area contributed by atoms with Crippen LogP contribution in [0.5, 0.6) is 0 Å². The second-order valence-corrected chi connectivity index (χ2v) is 3.77. The third-order valence-corrected chi connectivity index (χ3v) is 2.27. The van der Waals surface area contributed by atoms with Crippen molar-refractivity contribution in [2.24, 2.45) is 0 Å². The molecule has 0 aromatic carbocycles. The summed E-state index contributed by atoms with van der Waals surface area (Å²) in [5.41, 5.74) is 2.45. The average molecular weight is 156 g/mol. The molecule has 1 atom stereocenters. The second-order valence-electron chi connectivity index (χ2n) is 2.98. The Morgan fingerprint density at radius 1 is 1.30 bits per heavy atom. The van der Waals surface area contributed by atoms with E-state index >= 15 is 0 Å². The highest BCUT2D eigenvalue weighted by molar-refractivity contribution is 6.27. The van der Waals surface area contributed by atoms with E-state index in [2.05, 4.69) is 25.5 Å². The number of hydrogen-bond acceptors (Lipinski definition) is 0. The molecule has 0 bridgehead atoms. The molecule has 0 spiro atoms. The van der Waals surface area contributed by atoms with Gasteiger partial charge in [-0.25, -0.2) is 0 Å². The molecule has 0 saturated carbocycles. The van der Waals surface area contributed by atoms with Crippen molar-refractivity contribution in [3.05, 3.63) is 29.7 Å². The molecule has 55 valence electrons. The summed E-state index contributed by atoms with van der Waals surface area (Å²) < 4.78 is 0. The van der Waals surface area contributed by atoms with Crippen LogP contribution in [0.1, 0.15) is 20.8 Å².